The molecule has 0 atom stereocenters. The number of ether oxygens (including phenoxy) is 1. The highest BCUT2D eigenvalue weighted by Gasteiger charge is 2.03. The highest BCUT2D eigenvalue weighted by molar-refractivity contribution is 5.50. The Labute approximate surface area is 93.3 Å². The van der Waals surface area contributed by atoms with Gasteiger partial charge in [0.15, 0.2) is 0 Å². The molecule has 2 rings (SSSR count). The molecule has 16 heavy (non-hydrogen) atoms. The van der Waals surface area contributed by atoms with Gasteiger partial charge in [0, 0.05) is 25.0 Å². The fourth-order valence-electron chi connectivity index (χ4n) is 1.32. The molecular weight excluding hydrogens is 206 g/mol. The first-order valence-electron chi connectivity index (χ1n) is 4.83. The highest BCUT2D eigenvalue weighted by atomic mass is 16.5. The largest absolute Gasteiger partial charge is 0.481 e. The maximum atomic E-state index is 5.07. The van der Waals surface area contributed by atoms with E-state index in [1.165, 1.54) is 0 Å². The van der Waals surface area contributed by atoms with Gasteiger partial charge in [0.25, 0.3) is 0 Å². The maximum absolute atomic E-state index is 5.07. The molecule has 0 saturated carbocycles. The van der Waals surface area contributed by atoms with E-state index in [0.29, 0.717) is 11.8 Å². The molecule has 2 aromatic heterocycles. The first-order chi connectivity index (χ1) is 7.67. The molecule has 0 aliphatic rings. The number of nitrogens with zero attached hydrogens (tertiary/aromatic N) is 4. The SMILES string of the molecule is COc1cc(C)nc(Nc2cnn(C)c2)n1. The Hall–Kier alpha value is -2.11. The van der Waals surface area contributed by atoms with Gasteiger partial charge in [-0.15, -0.1) is 0 Å². The molecule has 6 nitrogen and oxygen atoms in total. The summed E-state index contributed by atoms with van der Waals surface area (Å²) in [6.07, 6.45) is 3.55. The molecule has 1 N–H and O–H groups in total. The van der Waals surface area contributed by atoms with Crippen LogP contribution < -0.4 is 10.1 Å². The smallest absolute Gasteiger partial charge is 0.230 e. The van der Waals surface area contributed by atoms with E-state index >= 15 is 0 Å². The lowest BCUT2D eigenvalue weighted by Crippen LogP contribution is -1.99. The summed E-state index contributed by atoms with van der Waals surface area (Å²) in [7, 11) is 3.43. The van der Waals surface area contributed by atoms with Crippen LogP contribution in [-0.4, -0.2) is 26.9 Å². The van der Waals surface area contributed by atoms with Crippen LogP contribution in [0.2, 0.25) is 0 Å². The zero-order valence-corrected chi connectivity index (χ0v) is 9.43. The summed E-state index contributed by atoms with van der Waals surface area (Å²) in [4.78, 5) is 8.42. The van der Waals surface area contributed by atoms with Crippen molar-refractivity contribution in [3.8, 4) is 5.88 Å². The second-order valence-electron chi connectivity index (χ2n) is 3.40. The zero-order valence-electron chi connectivity index (χ0n) is 9.43. The predicted molar refractivity (Wildman–Crippen MR) is 59.8 cm³/mol. The third-order valence-corrected chi connectivity index (χ3v) is 2.00. The van der Waals surface area contributed by atoms with Crippen molar-refractivity contribution in [2.24, 2.45) is 7.05 Å². The first-order valence-corrected chi connectivity index (χ1v) is 4.83. The molecule has 6 heteroatoms. The summed E-state index contributed by atoms with van der Waals surface area (Å²) >= 11 is 0. The van der Waals surface area contributed by atoms with Crippen LogP contribution in [0.25, 0.3) is 0 Å². The molecule has 0 fully saturated rings. The van der Waals surface area contributed by atoms with Crippen molar-refractivity contribution in [2.75, 3.05) is 12.4 Å². The molecule has 0 saturated heterocycles. The molecular formula is C10H13N5O. The maximum Gasteiger partial charge on any atom is 0.230 e. The van der Waals surface area contributed by atoms with Crippen molar-refractivity contribution in [3.63, 3.8) is 0 Å². The Morgan fingerprint density at radius 3 is 2.81 bits per heavy atom. The van der Waals surface area contributed by atoms with Crippen LogP contribution >= 0.6 is 0 Å². The quantitative estimate of drug-likeness (QED) is 0.842. The van der Waals surface area contributed by atoms with Crippen LogP contribution in [0.4, 0.5) is 11.6 Å². The molecule has 84 valence electrons. The summed E-state index contributed by atoms with van der Waals surface area (Å²) < 4.78 is 6.77. The van der Waals surface area contributed by atoms with Gasteiger partial charge < -0.3 is 10.1 Å². The third-order valence-electron chi connectivity index (χ3n) is 2.00. The van der Waals surface area contributed by atoms with Crippen LogP contribution in [0.1, 0.15) is 5.69 Å². The van der Waals surface area contributed by atoms with E-state index < -0.39 is 0 Å². The highest BCUT2D eigenvalue weighted by Crippen LogP contribution is 2.15. The number of aromatic nitrogens is 4. The average molecular weight is 219 g/mol. The molecule has 0 aliphatic heterocycles. The Balaban J connectivity index is 2.24. The number of aryl methyl sites for hydroxylation is 2. The number of rotatable bonds is 3. The van der Waals surface area contributed by atoms with E-state index in [9.17, 15) is 0 Å². The molecule has 0 amide bonds. The molecule has 0 spiro atoms. The summed E-state index contributed by atoms with van der Waals surface area (Å²) in [6.45, 7) is 1.89. The van der Waals surface area contributed by atoms with Gasteiger partial charge in [-0.1, -0.05) is 0 Å². The zero-order chi connectivity index (χ0) is 11.5. The topological polar surface area (TPSA) is 64.9 Å². The predicted octanol–water partition coefficient (Wildman–Crippen LogP) is 1.27. The standard InChI is InChI=1S/C10H13N5O/c1-7-4-9(16-3)14-10(12-7)13-8-5-11-15(2)6-8/h4-6H,1-3H3,(H,12,13,14). The number of anilines is 2. The van der Waals surface area contributed by atoms with E-state index in [1.54, 1.807) is 24.1 Å². The van der Waals surface area contributed by atoms with Crippen molar-refractivity contribution in [3.05, 3.63) is 24.2 Å². The van der Waals surface area contributed by atoms with E-state index in [4.69, 9.17) is 4.74 Å². The lowest BCUT2D eigenvalue weighted by atomic mass is 10.4. The molecule has 2 aromatic rings. The number of nitrogens with one attached hydrogen (secondary N) is 1. The van der Waals surface area contributed by atoms with Gasteiger partial charge >= 0.3 is 0 Å². The minimum atomic E-state index is 0.504. The van der Waals surface area contributed by atoms with E-state index in [-0.39, 0.29) is 0 Å². The molecule has 0 unspecified atom stereocenters. The normalized spacial score (nSPS) is 10.2. The fraction of sp³-hybridized carbons (Fsp3) is 0.300. The summed E-state index contributed by atoms with van der Waals surface area (Å²) in [5.41, 5.74) is 1.69. The van der Waals surface area contributed by atoms with Crippen molar-refractivity contribution in [1.82, 2.24) is 19.7 Å². The van der Waals surface area contributed by atoms with Crippen LogP contribution in [0.5, 0.6) is 5.88 Å². The van der Waals surface area contributed by atoms with Gasteiger partial charge in [-0.25, -0.2) is 4.98 Å². The Morgan fingerprint density at radius 2 is 2.19 bits per heavy atom. The van der Waals surface area contributed by atoms with Gasteiger partial charge in [0.1, 0.15) is 0 Å². The Morgan fingerprint density at radius 1 is 1.38 bits per heavy atom. The van der Waals surface area contributed by atoms with Crippen molar-refractivity contribution in [2.45, 2.75) is 6.92 Å². The number of methoxy groups -OCH3 is 1. The summed E-state index contributed by atoms with van der Waals surface area (Å²) in [6, 6.07) is 1.77. The Kier molecular flexibility index (Phi) is 2.72. The molecule has 0 aromatic carbocycles. The Bertz CT molecular complexity index is 494. The monoisotopic (exact) mass is 219 g/mol. The van der Waals surface area contributed by atoms with Gasteiger partial charge in [-0.05, 0) is 6.92 Å². The van der Waals surface area contributed by atoms with Crippen LogP contribution in [-0.2, 0) is 7.05 Å². The number of hydrogen-bond donors (Lipinski definition) is 1. The van der Waals surface area contributed by atoms with E-state index in [2.05, 4.69) is 20.4 Å². The van der Waals surface area contributed by atoms with Gasteiger partial charge in [-0.3, -0.25) is 4.68 Å². The van der Waals surface area contributed by atoms with Crippen LogP contribution in [0.15, 0.2) is 18.5 Å². The van der Waals surface area contributed by atoms with Crippen molar-refractivity contribution in [1.29, 1.82) is 0 Å². The summed E-state index contributed by atoms with van der Waals surface area (Å²) in [5, 5.41) is 7.10. The average Bonchev–Trinajstić information content (AvgIpc) is 2.63. The minimum absolute atomic E-state index is 0.504. The van der Waals surface area contributed by atoms with E-state index in [1.807, 2.05) is 20.2 Å². The van der Waals surface area contributed by atoms with Gasteiger partial charge in [0.2, 0.25) is 11.8 Å². The second kappa shape index (κ2) is 4.18. The van der Waals surface area contributed by atoms with Gasteiger partial charge in [-0.2, -0.15) is 10.1 Å². The third kappa shape index (κ3) is 2.28. The lowest BCUT2D eigenvalue weighted by molar-refractivity contribution is 0.397. The minimum Gasteiger partial charge on any atom is -0.481 e. The fourth-order valence-corrected chi connectivity index (χ4v) is 1.32. The molecule has 0 radical (unpaired) electrons. The second-order valence-corrected chi connectivity index (χ2v) is 3.40. The van der Waals surface area contributed by atoms with Crippen molar-refractivity contribution < 1.29 is 4.74 Å². The molecule has 0 bridgehead atoms. The van der Waals surface area contributed by atoms with Gasteiger partial charge in [0.05, 0.1) is 19.0 Å². The lowest BCUT2D eigenvalue weighted by Gasteiger charge is -2.05. The first kappa shape index (κ1) is 10.4. The summed E-state index contributed by atoms with van der Waals surface area (Å²) in [5.74, 6) is 1.05. The van der Waals surface area contributed by atoms with E-state index in [0.717, 1.165) is 11.4 Å². The van der Waals surface area contributed by atoms with Crippen LogP contribution in [0, 0.1) is 6.92 Å². The van der Waals surface area contributed by atoms with Crippen LogP contribution in [0.3, 0.4) is 0 Å². The van der Waals surface area contributed by atoms with Crippen molar-refractivity contribution >= 4 is 11.6 Å². The molecule has 0 aliphatic carbocycles. The molecule has 2 heterocycles. The number of hydrogen-bond acceptors (Lipinski definition) is 5.